The van der Waals surface area contributed by atoms with Gasteiger partial charge in [-0.15, -0.1) is 10.2 Å². The molecule has 2 aromatic heterocycles. The Morgan fingerprint density at radius 3 is 2.37 bits per heavy atom. The van der Waals surface area contributed by atoms with Gasteiger partial charge in [0.25, 0.3) is 5.91 Å². The molecule has 3 aromatic rings. The second-order valence-electron chi connectivity index (χ2n) is 6.26. The Hall–Kier alpha value is -3.35. The molecule has 27 heavy (non-hydrogen) atoms. The Morgan fingerprint density at radius 1 is 1.00 bits per heavy atom. The monoisotopic (exact) mass is 364 g/mol. The molecule has 7 nitrogen and oxygen atoms in total. The number of anilines is 1. The lowest BCUT2D eigenvalue weighted by Gasteiger charge is -2.35. The van der Waals surface area contributed by atoms with Crippen LogP contribution in [0.4, 0.5) is 5.82 Å². The Bertz CT molecular complexity index is 884. The van der Waals surface area contributed by atoms with Crippen LogP contribution in [0.2, 0.25) is 0 Å². The summed E-state index contributed by atoms with van der Waals surface area (Å²) in [6.07, 6.45) is 1.62. The Balaban J connectivity index is 1.37. The first-order valence-corrected chi connectivity index (χ1v) is 8.80. The Kier molecular flexibility index (Phi) is 4.74. The number of furan rings is 1. The van der Waals surface area contributed by atoms with E-state index in [-0.39, 0.29) is 5.91 Å². The third-order valence-corrected chi connectivity index (χ3v) is 4.65. The zero-order valence-corrected chi connectivity index (χ0v) is 15.0. The highest BCUT2D eigenvalue weighted by Crippen LogP contribution is 2.20. The molecule has 0 aliphatic carbocycles. The molecule has 7 heteroatoms. The zero-order chi connectivity index (χ0) is 18.6. The summed E-state index contributed by atoms with van der Waals surface area (Å²) in [6, 6.07) is 14.7. The standard InChI is InChI=1S/C20H20N4O3/c1-26-16-6-4-15(5-7-16)20(25)24-12-10-23(11-13-24)19-9-8-17(21-22-19)18-3-2-14-27-18/h2-9,14H,10-13H2,1H3. The first-order valence-electron chi connectivity index (χ1n) is 8.80. The van der Waals surface area contributed by atoms with Crippen LogP contribution >= 0.6 is 0 Å². The molecule has 0 bridgehead atoms. The fraction of sp³-hybridized carbons (Fsp3) is 0.250. The van der Waals surface area contributed by atoms with Crippen molar-refractivity contribution in [3.63, 3.8) is 0 Å². The number of piperazine rings is 1. The van der Waals surface area contributed by atoms with E-state index < -0.39 is 0 Å². The molecule has 0 N–H and O–H groups in total. The summed E-state index contributed by atoms with van der Waals surface area (Å²) in [7, 11) is 1.61. The number of aromatic nitrogens is 2. The summed E-state index contributed by atoms with van der Waals surface area (Å²) >= 11 is 0. The van der Waals surface area contributed by atoms with Crippen molar-refractivity contribution in [1.29, 1.82) is 0 Å². The number of ether oxygens (including phenoxy) is 1. The summed E-state index contributed by atoms with van der Waals surface area (Å²) in [4.78, 5) is 16.6. The lowest BCUT2D eigenvalue weighted by atomic mass is 10.1. The molecule has 1 aliphatic rings. The smallest absolute Gasteiger partial charge is 0.253 e. The van der Waals surface area contributed by atoms with E-state index in [2.05, 4.69) is 15.1 Å². The van der Waals surface area contributed by atoms with E-state index in [1.54, 1.807) is 37.6 Å². The predicted molar refractivity (Wildman–Crippen MR) is 101 cm³/mol. The third-order valence-electron chi connectivity index (χ3n) is 4.65. The highest BCUT2D eigenvalue weighted by Gasteiger charge is 2.23. The maximum absolute atomic E-state index is 12.6. The number of carbonyl (C=O) groups is 1. The fourth-order valence-corrected chi connectivity index (χ4v) is 3.10. The molecule has 0 radical (unpaired) electrons. The van der Waals surface area contributed by atoms with Gasteiger partial charge in [0.05, 0.1) is 13.4 Å². The summed E-state index contributed by atoms with van der Waals surface area (Å²) in [5, 5.41) is 8.54. The number of carbonyl (C=O) groups excluding carboxylic acids is 1. The molecule has 1 saturated heterocycles. The summed E-state index contributed by atoms with van der Waals surface area (Å²) in [6.45, 7) is 2.73. The van der Waals surface area contributed by atoms with Gasteiger partial charge < -0.3 is 19.0 Å². The van der Waals surface area contributed by atoms with Gasteiger partial charge in [-0.1, -0.05) is 0 Å². The number of nitrogens with zero attached hydrogens (tertiary/aromatic N) is 4. The average Bonchev–Trinajstić information content (AvgIpc) is 3.28. The molecule has 1 aliphatic heterocycles. The van der Waals surface area contributed by atoms with Gasteiger partial charge >= 0.3 is 0 Å². The summed E-state index contributed by atoms with van der Waals surface area (Å²) < 4.78 is 10.5. The Labute approximate surface area is 157 Å². The second kappa shape index (κ2) is 7.49. The van der Waals surface area contributed by atoms with Gasteiger partial charge in [-0.2, -0.15) is 0 Å². The molecule has 1 fully saturated rings. The van der Waals surface area contributed by atoms with Gasteiger partial charge in [0.15, 0.2) is 11.6 Å². The van der Waals surface area contributed by atoms with Gasteiger partial charge in [0.2, 0.25) is 0 Å². The van der Waals surface area contributed by atoms with Crippen LogP contribution in [0.5, 0.6) is 5.75 Å². The number of amides is 1. The van der Waals surface area contributed by atoms with Gasteiger partial charge in [-0.05, 0) is 48.5 Å². The highest BCUT2D eigenvalue weighted by atomic mass is 16.5. The topological polar surface area (TPSA) is 71.7 Å². The Morgan fingerprint density at radius 2 is 1.78 bits per heavy atom. The molecule has 138 valence electrons. The number of hydrogen-bond acceptors (Lipinski definition) is 6. The molecule has 4 rings (SSSR count). The number of benzene rings is 1. The molecule has 1 amide bonds. The minimum Gasteiger partial charge on any atom is -0.497 e. The van der Waals surface area contributed by atoms with Crippen LogP contribution in [-0.2, 0) is 0 Å². The number of hydrogen-bond donors (Lipinski definition) is 0. The van der Waals surface area contributed by atoms with E-state index in [1.807, 2.05) is 29.2 Å². The minimum absolute atomic E-state index is 0.0385. The summed E-state index contributed by atoms with van der Waals surface area (Å²) in [5.41, 5.74) is 1.38. The van der Waals surface area contributed by atoms with Gasteiger partial charge in [0, 0.05) is 31.7 Å². The van der Waals surface area contributed by atoms with E-state index in [1.165, 1.54) is 0 Å². The van der Waals surface area contributed by atoms with Crippen molar-refractivity contribution in [3.05, 3.63) is 60.4 Å². The van der Waals surface area contributed by atoms with Crippen LogP contribution in [0.25, 0.3) is 11.5 Å². The number of rotatable bonds is 4. The minimum atomic E-state index is 0.0385. The lowest BCUT2D eigenvalue weighted by molar-refractivity contribution is 0.0746. The SMILES string of the molecule is COc1ccc(C(=O)N2CCN(c3ccc(-c4ccco4)nn3)CC2)cc1. The zero-order valence-electron chi connectivity index (χ0n) is 15.0. The first kappa shape index (κ1) is 17.1. The van der Waals surface area contributed by atoms with Crippen LogP contribution in [-0.4, -0.2) is 54.3 Å². The quantitative estimate of drug-likeness (QED) is 0.709. The molecule has 0 atom stereocenters. The highest BCUT2D eigenvalue weighted by molar-refractivity contribution is 5.94. The normalized spacial score (nSPS) is 14.3. The summed E-state index contributed by atoms with van der Waals surface area (Å²) in [5.74, 6) is 2.29. The lowest BCUT2D eigenvalue weighted by Crippen LogP contribution is -2.49. The third kappa shape index (κ3) is 3.62. The average molecular weight is 364 g/mol. The molecule has 0 unspecified atom stereocenters. The maximum Gasteiger partial charge on any atom is 0.253 e. The van der Waals surface area contributed by atoms with Gasteiger partial charge in [-0.25, -0.2) is 0 Å². The molecular weight excluding hydrogens is 344 g/mol. The molecule has 3 heterocycles. The molecule has 0 spiro atoms. The second-order valence-corrected chi connectivity index (χ2v) is 6.26. The van der Waals surface area contributed by atoms with E-state index >= 15 is 0 Å². The van der Waals surface area contributed by atoms with Crippen molar-refractivity contribution in [2.24, 2.45) is 0 Å². The van der Waals surface area contributed by atoms with E-state index in [0.29, 0.717) is 30.1 Å². The van der Waals surface area contributed by atoms with Gasteiger partial charge in [0.1, 0.15) is 11.4 Å². The largest absolute Gasteiger partial charge is 0.497 e. The van der Waals surface area contributed by atoms with Crippen molar-refractivity contribution in [1.82, 2.24) is 15.1 Å². The maximum atomic E-state index is 12.6. The van der Waals surface area contributed by atoms with Crippen LogP contribution in [0.3, 0.4) is 0 Å². The van der Waals surface area contributed by atoms with E-state index in [4.69, 9.17) is 9.15 Å². The van der Waals surface area contributed by atoms with Crippen molar-refractivity contribution < 1.29 is 13.9 Å². The van der Waals surface area contributed by atoms with Crippen LogP contribution in [0, 0.1) is 0 Å². The van der Waals surface area contributed by atoms with Crippen molar-refractivity contribution in [2.45, 2.75) is 0 Å². The molecule has 0 saturated carbocycles. The molecule has 1 aromatic carbocycles. The van der Waals surface area contributed by atoms with Gasteiger partial charge in [-0.3, -0.25) is 4.79 Å². The van der Waals surface area contributed by atoms with Crippen LogP contribution in [0.1, 0.15) is 10.4 Å². The van der Waals surface area contributed by atoms with Crippen molar-refractivity contribution in [3.8, 4) is 17.2 Å². The van der Waals surface area contributed by atoms with E-state index in [0.717, 1.165) is 24.7 Å². The van der Waals surface area contributed by atoms with E-state index in [9.17, 15) is 4.79 Å². The number of methoxy groups -OCH3 is 1. The van der Waals surface area contributed by atoms with Crippen LogP contribution in [0.15, 0.2) is 59.2 Å². The van der Waals surface area contributed by atoms with Crippen molar-refractivity contribution >= 4 is 11.7 Å². The van der Waals surface area contributed by atoms with Crippen molar-refractivity contribution in [2.75, 3.05) is 38.2 Å². The molecular formula is C20H20N4O3. The van der Waals surface area contributed by atoms with Crippen LogP contribution < -0.4 is 9.64 Å². The predicted octanol–water partition coefficient (Wildman–Crippen LogP) is 2.71. The fourth-order valence-electron chi connectivity index (χ4n) is 3.10. The first-order chi connectivity index (χ1) is 13.2.